The van der Waals surface area contributed by atoms with Crippen molar-refractivity contribution in [3.05, 3.63) is 11.8 Å². The van der Waals surface area contributed by atoms with Gasteiger partial charge in [0.25, 0.3) is 0 Å². The standard InChI is InChI=1S/C14H25NO3/c1-3-15-13(12-6-4-5-9-18-12)14(16-2)7-10-17-11-8-14/h6,13,15H,3-5,7-11H2,1-2H3. The Kier molecular flexibility index (Phi) is 5.03. The molecule has 0 aromatic carbocycles. The highest BCUT2D eigenvalue weighted by Crippen LogP contribution is 2.33. The van der Waals surface area contributed by atoms with Gasteiger partial charge in [-0.2, -0.15) is 0 Å². The Labute approximate surface area is 110 Å². The predicted molar refractivity (Wildman–Crippen MR) is 70.5 cm³/mol. The van der Waals surface area contributed by atoms with Crippen LogP contribution in [0.15, 0.2) is 11.8 Å². The molecule has 4 nitrogen and oxygen atoms in total. The van der Waals surface area contributed by atoms with Crippen LogP contribution in [0.1, 0.15) is 32.6 Å². The number of likely N-dealkylation sites (N-methyl/N-ethyl adjacent to an activating group) is 1. The lowest BCUT2D eigenvalue weighted by Gasteiger charge is -2.43. The fourth-order valence-electron chi connectivity index (χ4n) is 2.86. The zero-order chi connectivity index (χ0) is 12.8. The van der Waals surface area contributed by atoms with Crippen molar-refractivity contribution in [2.75, 3.05) is 33.5 Å². The van der Waals surface area contributed by atoms with Gasteiger partial charge in [0.05, 0.1) is 18.2 Å². The minimum absolute atomic E-state index is 0.150. The second-order valence-electron chi connectivity index (χ2n) is 4.97. The van der Waals surface area contributed by atoms with E-state index in [4.69, 9.17) is 14.2 Å². The minimum Gasteiger partial charge on any atom is -0.496 e. The van der Waals surface area contributed by atoms with E-state index in [2.05, 4.69) is 18.3 Å². The molecule has 1 fully saturated rings. The van der Waals surface area contributed by atoms with Gasteiger partial charge in [-0.05, 0) is 25.5 Å². The molecule has 4 heteroatoms. The van der Waals surface area contributed by atoms with Crippen molar-refractivity contribution >= 4 is 0 Å². The maximum Gasteiger partial charge on any atom is 0.112 e. The Bertz CT molecular complexity index is 285. The second-order valence-corrected chi connectivity index (χ2v) is 4.97. The summed E-state index contributed by atoms with van der Waals surface area (Å²) in [4.78, 5) is 0. The van der Waals surface area contributed by atoms with Crippen LogP contribution in [0, 0.1) is 0 Å². The highest BCUT2D eigenvalue weighted by atomic mass is 16.5. The molecule has 2 aliphatic rings. The van der Waals surface area contributed by atoms with E-state index in [1.807, 2.05) is 0 Å². The Hall–Kier alpha value is -0.580. The molecule has 0 bridgehead atoms. The average molecular weight is 255 g/mol. The molecule has 2 aliphatic heterocycles. The van der Waals surface area contributed by atoms with Gasteiger partial charge in [0.15, 0.2) is 0 Å². The van der Waals surface area contributed by atoms with Gasteiger partial charge in [0, 0.05) is 33.2 Å². The van der Waals surface area contributed by atoms with Crippen LogP contribution in [0.2, 0.25) is 0 Å². The topological polar surface area (TPSA) is 39.7 Å². The molecule has 2 rings (SSSR count). The molecule has 0 aliphatic carbocycles. The normalized spacial score (nSPS) is 25.1. The number of methoxy groups -OCH3 is 1. The molecule has 2 heterocycles. The summed E-state index contributed by atoms with van der Waals surface area (Å²) < 4.78 is 17.2. The van der Waals surface area contributed by atoms with Gasteiger partial charge in [-0.15, -0.1) is 0 Å². The molecule has 0 aromatic heterocycles. The predicted octanol–water partition coefficient (Wildman–Crippen LogP) is 1.85. The summed E-state index contributed by atoms with van der Waals surface area (Å²) in [5.74, 6) is 1.06. The van der Waals surface area contributed by atoms with Crippen molar-refractivity contribution in [2.45, 2.75) is 44.2 Å². The molecule has 18 heavy (non-hydrogen) atoms. The van der Waals surface area contributed by atoms with Gasteiger partial charge >= 0.3 is 0 Å². The zero-order valence-corrected chi connectivity index (χ0v) is 11.5. The summed E-state index contributed by atoms with van der Waals surface area (Å²) in [7, 11) is 1.80. The van der Waals surface area contributed by atoms with E-state index in [1.54, 1.807) is 7.11 Å². The summed E-state index contributed by atoms with van der Waals surface area (Å²) in [5.41, 5.74) is -0.183. The summed E-state index contributed by atoms with van der Waals surface area (Å²) in [6, 6.07) is 0.150. The largest absolute Gasteiger partial charge is 0.496 e. The Morgan fingerprint density at radius 2 is 2.17 bits per heavy atom. The maximum atomic E-state index is 5.88. The smallest absolute Gasteiger partial charge is 0.112 e. The first-order chi connectivity index (χ1) is 8.82. The van der Waals surface area contributed by atoms with Crippen LogP contribution in [-0.4, -0.2) is 45.1 Å². The zero-order valence-electron chi connectivity index (χ0n) is 11.5. The van der Waals surface area contributed by atoms with Crippen molar-refractivity contribution in [3.63, 3.8) is 0 Å². The molecule has 0 spiro atoms. The average Bonchev–Trinajstić information content (AvgIpc) is 2.46. The van der Waals surface area contributed by atoms with Crippen molar-refractivity contribution in [1.82, 2.24) is 5.32 Å². The van der Waals surface area contributed by atoms with Gasteiger partial charge in [0.2, 0.25) is 0 Å². The third kappa shape index (κ3) is 2.87. The lowest BCUT2D eigenvalue weighted by atomic mass is 9.84. The van der Waals surface area contributed by atoms with Crippen LogP contribution in [0.4, 0.5) is 0 Å². The number of hydrogen-bond acceptors (Lipinski definition) is 4. The summed E-state index contributed by atoms with van der Waals surface area (Å²) in [5, 5.41) is 3.54. The molecular weight excluding hydrogens is 230 g/mol. The number of ether oxygens (including phenoxy) is 3. The lowest BCUT2D eigenvalue weighted by molar-refractivity contribution is -0.111. The van der Waals surface area contributed by atoms with Crippen LogP contribution in [-0.2, 0) is 14.2 Å². The van der Waals surface area contributed by atoms with Crippen LogP contribution in [0.3, 0.4) is 0 Å². The van der Waals surface area contributed by atoms with E-state index in [-0.39, 0.29) is 11.6 Å². The van der Waals surface area contributed by atoms with E-state index < -0.39 is 0 Å². The molecule has 1 saturated heterocycles. The highest BCUT2D eigenvalue weighted by Gasteiger charge is 2.43. The van der Waals surface area contributed by atoms with Crippen LogP contribution < -0.4 is 5.32 Å². The van der Waals surface area contributed by atoms with Crippen LogP contribution in [0.5, 0.6) is 0 Å². The van der Waals surface area contributed by atoms with E-state index in [0.717, 1.165) is 57.8 Å². The van der Waals surface area contributed by atoms with Gasteiger partial charge in [0.1, 0.15) is 5.76 Å². The third-order valence-electron chi connectivity index (χ3n) is 3.93. The first-order valence-corrected chi connectivity index (χ1v) is 7.01. The molecule has 0 aromatic rings. The highest BCUT2D eigenvalue weighted by molar-refractivity contribution is 5.14. The fourth-order valence-corrected chi connectivity index (χ4v) is 2.86. The van der Waals surface area contributed by atoms with E-state index in [1.165, 1.54) is 0 Å². The van der Waals surface area contributed by atoms with E-state index >= 15 is 0 Å². The Balaban J connectivity index is 2.18. The van der Waals surface area contributed by atoms with Gasteiger partial charge in [-0.3, -0.25) is 0 Å². The molecule has 104 valence electrons. The molecular formula is C14H25NO3. The minimum atomic E-state index is -0.183. The molecule has 0 saturated carbocycles. The maximum absolute atomic E-state index is 5.88. The summed E-state index contributed by atoms with van der Waals surface area (Å²) >= 11 is 0. The van der Waals surface area contributed by atoms with E-state index in [0.29, 0.717) is 0 Å². The number of allylic oxidation sites excluding steroid dienone is 1. The summed E-state index contributed by atoms with van der Waals surface area (Å²) in [6.07, 6.45) is 6.27. The van der Waals surface area contributed by atoms with Crippen molar-refractivity contribution in [2.24, 2.45) is 0 Å². The molecule has 0 amide bonds. The van der Waals surface area contributed by atoms with E-state index in [9.17, 15) is 0 Å². The quantitative estimate of drug-likeness (QED) is 0.814. The van der Waals surface area contributed by atoms with Gasteiger partial charge in [-0.1, -0.05) is 6.92 Å². The molecule has 1 N–H and O–H groups in total. The van der Waals surface area contributed by atoms with Gasteiger partial charge < -0.3 is 19.5 Å². The van der Waals surface area contributed by atoms with Gasteiger partial charge in [-0.25, -0.2) is 0 Å². The summed E-state index contributed by atoms with van der Waals surface area (Å²) in [6.45, 7) is 5.40. The Morgan fingerprint density at radius 1 is 1.39 bits per heavy atom. The van der Waals surface area contributed by atoms with Crippen molar-refractivity contribution < 1.29 is 14.2 Å². The Morgan fingerprint density at radius 3 is 2.72 bits per heavy atom. The number of hydrogen-bond donors (Lipinski definition) is 1. The second kappa shape index (κ2) is 6.55. The fraction of sp³-hybridized carbons (Fsp3) is 0.857. The molecule has 0 radical (unpaired) electrons. The molecule has 1 unspecified atom stereocenters. The third-order valence-corrected chi connectivity index (χ3v) is 3.93. The lowest BCUT2D eigenvalue weighted by Crippen LogP contribution is -2.56. The monoisotopic (exact) mass is 255 g/mol. The van der Waals surface area contributed by atoms with Crippen molar-refractivity contribution in [1.29, 1.82) is 0 Å². The number of rotatable bonds is 5. The van der Waals surface area contributed by atoms with Crippen LogP contribution in [0.25, 0.3) is 0 Å². The first kappa shape index (κ1) is 13.8. The van der Waals surface area contributed by atoms with Crippen LogP contribution >= 0.6 is 0 Å². The van der Waals surface area contributed by atoms with Crippen molar-refractivity contribution in [3.8, 4) is 0 Å². The molecule has 1 atom stereocenters. The SMILES string of the molecule is CCNC(C1=CCCCO1)C1(OC)CCOCC1. The first-order valence-electron chi connectivity index (χ1n) is 7.01. The number of nitrogens with one attached hydrogen (secondary N) is 1.